The number of benzene rings is 1. The summed E-state index contributed by atoms with van der Waals surface area (Å²) in [6.07, 6.45) is 2.04. The number of carboxylic acids is 1. The van der Waals surface area contributed by atoms with Crippen LogP contribution in [0.2, 0.25) is 0 Å². The Hall–Kier alpha value is -1.68. The van der Waals surface area contributed by atoms with Gasteiger partial charge in [-0.1, -0.05) is 30.3 Å². The van der Waals surface area contributed by atoms with E-state index in [1.54, 1.807) is 11.3 Å². The van der Waals surface area contributed by atoms with Crippen LogP contribution in [0.5, 0.6) is 0 Å². The van der Waals surface area contributed by atoms with Gasteiger partial charge in [-0.3, -0.25) is 4.79 Å². The van der Waals surface area contributed by atoms with Crippen molar-refractivity contribution >= 4 is 17.3 Å². The van der Waals surface area contributed by atoms with E-state index in [0.29, 0.717) is 12.8 Å². The fraction of sp³-hybridized carbons (Fsp3) is 0.333. The molecular formula is C15H17NO2S. The quantitative estimate of drug-likeness (QED) is 0.879. The van der Waals surface area contributed by atoms with E-state index in [2.05, 4.69) is 4.98 Å². The van der Waals surface area contributed by atoms with Crippen molar-refractivity contribution < 1.29 is 9.90 Å². The highest BCUT2D eigenvalue weighted by Crippen LogP contribution is 2.20. The minimum atomic E-state index is -0.717. The number of aryl methyl sites for hydroxylation is 2. The standard InChI is InChI=1S/C15H17NO2S/c1-11-14(19-10-16-11)8-7-13(15(17)18)9-12-5-3-2-4-6-12/h2-6,10,13H,7-9H2,1H3,(H,17,18). The molecule has 4 heteroatoms. The Kier molecular flexibility index (Phi) is 4.68. The molecule has 1 heterocycles. The van der Waals surface area contributed by atoms with Crippen molar-refractivity contribution in [3.8, 4) is 0 Å². The zero-order chi connectivity index (χ0) is 13.7. The molecule has 0 fully saturated rings. The summed E-state index contributed by atoms with van der Waals surface area (Å²) in [5, 5.41) is 9.32. The lowest BCUT2D eigenvalue weighted by Crippen LogP contribution is -2.17. The van der Waals surface area contributed by atoms with Gasteiger partial charge in [-0.05, 0) is 31.7 Å². The Morgan fingerprint density at radius 1 is 1.37 bits per heavy atom. The van der Waals surface area contributed by atoms with Gasteiger partial charge in [0.05, 0.1) is 17.1 Å². The van der Waals surface area contributed by atoms with E-state index in [0.717, 1.165) is 17.7 Å². The van der Waals surface area contributed by atoms with Gasteiger partial charge in [-0.2, -0.15) is 0 Å². The summed E-state index contributed by atoms with van der Waals surface area (Å²) in [5.74, 6) is -1.05. The number of carboxylic acid groups (broad SMARTS) is 1. The Morgan fingerprint density at radius 2 is 2.11 bits per heavy atom. The first-order chi connectivity index (χ1) is 9.16. The number of thiazole rings is 1. The summed E-state index contributed by atoms with van der Waals surface area (Å²) in [5.41, 5.74) is 3.92. The first kappa shape index (κ1) is 13.7. The molecule has 0 spiro atoms. The fourth-order valence-electron chi connectivity index (χ4n) is 2.08. The molecule has 19 heavy (non-hydrogen) atoms. The zero-order valence-corrected chi connectivity index (χ0v) is 11.7. The summed E-state index contributed by atoms with van der Waals surface area (Å²) in [6.45, 7) is 1.97. The highest BCUT2D eigenvalue weighted by atomic mass is 32.1. The van der Waals surface area contributed by atoms with Crippen LogP contribution in [-0.2, 0) is 17.6 Å². The molecule has 2 aromatic rings. The number of aliphatic carboxylic acids is 1. The van der Waals surface area contributed by atoms with Crippen LogP contribution in [0.3, 0.4) is 0 Å². The molecule has 0 radical (unpaired) electrons. The summed E-state index contributed by atoms with van der Waals surface area (Å²) in [6, 6.07) is 9.80. The molecule has 0 aliphatic heterocycles. The molecule has 1 atom stereocenters. The third kappa shape index (κ3) is 3.89. The van der Waals surface area contributed by atoms with Crippen LogP contribution >= 0.6 is 11.3 Å². The lowest BCUT2D eigenvalue weighted by Gasteiger charge is -2.12. The van der Waals surface area contributed by atoms with E-state index in [4.69, 9.17) is 0 Å². The highest BCUT2D eigenvalue weighted by molar-refractivity contribution is 7.09. The van der Waals surface area contributed by atoms with Crippen LogP contribution in [0.4, 0.5) is 0 Å². The minimum Gasteiger partial charge on any atom is -0.481 e. The molecular weight excluding hydrogens is 258 g/mol. The van der Waals surface area contributed by atoms with Gasteiger partial charge in [0.1, 0.15) is 0 Å². The van der Waals surface area contributed by atoms with Crippen molar-refractivity contribution in [2.75, 3.05) is 0 Å². The predicted octanol–water partition coefficient (Wildman–Crippen LogP) is 3.33. The number of hydrogen-bond donors (Lipinski definition) is 1. The van der Waals surface area contributed by atoms with Crippen molar-refractivity contribution in [3.05, 3.63) is 52.0 Å². The zero-order valence-electron chi connectivity index (χ0n) is 10.9. The first-order valence-corrected chi connectivity index (χ1v) is 7.20. The van der Waals surface area contributed by atoms with Crippen LogP contribution < -0.4 is 0 Å². The average Bonchev–Trinajstić information content (AvgIpc) is 2.81. The Morgan fingerprint density at radius 3 is 2.68 bits per heavy atom. The highest BCUT2D eigenvalue weighted by Gasteiger charge is 2.18. The molecule has 0 amide bonds. The normalized spacial score (nSPS) is 12.3. The molecule has 0 saturated carbocycles. The Balaban J connectivity index is 1.97. The van der Waals surface area contributed by atoms with Gasteiger partial charge in [-0.25, -0.2) is 4.98 Å². The maximum absolute atomic E-state index is 11.3. The van der Waals surface area contributed by atoms with E-state index < -0.39 is 5.97 Å². The van der Waals surface area contributed by atoms with E-state index in [-0.39, 0.29) is 5.92 Å². The second kappa shape index (κ2) is 6.48. The number of rotatable bonds is 6. The predicted molar refractivity (Wildman–Crippen MR) is 76.4 cm³/mol. The van der Waals surface area contributed by atoms with E-state index in [1.165, 1.54) is 4.88 Å². The third-order valence-corrected chi connectivity index (χ3v) is 4.23. The second-order valence-corrected chi connectivity index (χ2v) is 5.56. The third-order valence-electron chi connectivity index (χ3n) is 3.24. The van der Waals surface area contributed by atoms with Gasteiger partial charge in [0.2, 0.25) is 0 Å². The molecule has 100 valence electrons. The Labute approximate surface area is 116 Å². The van der Waals surface area contributed by atoms with Gasteiger partial charge in [0.25, 0.3) is 0 Å². The maximum atomic E-state index is 11.3. The van der Waals surface area contributed by atoms with Crippen LogP contribution in [-0.4, -0.2) is 16.1 Å². The van der Waals surface area contributed by atoms with Gasteiger partial charge >= 0.3 is 5.97 Å². The molecule has 0 aliphatic carbocycles. The van der Waals surface area contributed by atoms with E-state index >= 15 is 0 Å². The summed E-state index contributed by atoms with van der Waals surface area (Å²) < 4.78 is 0. The summed E-state index contributed by atoms with van der Waals surface area (Å²) in [4.78, 5) is 16.7. The number of carbonyl (C=O) groups is 1. The minimum absolute atomic E-state index is 0.330. The SMILES string of the molecule is Cc1ncsc1CCC(Cc1ccccc1)C(=O)O. The van der Waals surface area contributed by atoms with Gasteiger partial charge in [-0.15, -0.1) is 11.3 Å². The van der Waals surface area contributed by atoms with Crippen LogP contribution in [0.25, 0.3) is 0 Å². The number of hydrogen-bond acceptors (Lipinski definition) is 3. The molecule has 1 aromatic heterocycles. The molecule has 0 aliphatic rings. The molecule has 2 rings (SSSR count). The first-order valence-electron chi connectivity index (χ1n) is 6.32. The van der Waals surface area contributed by atoms with Crippen molar-refractivity contribution in [3.63, 3.8) is 0 Å². The lowest BCUT2D eigenvalue weighted by molar-refractivity contribution is -0.141. The van der Waals surface area contributed by atoms with Gasteiger partial charge in [0.15, 0.2) is 0 Å². The van der Waals surface area contributed by atoms with Gasteiger partial charge < -0.3 is 5.11 Å². The average molecular weight is 275 g/mol. The van der Waals surface area contributed by atoms with Crippen LogP contribution in [0.15, 0.2) is 35.8 Å². The molecule has 0 bridgehead atoms. The Bertz CT molecular complexity index is 536. The van der Waals surface area contributed by atoms with Crippen molar-refractivity contribution in [2.45, 2.75) is 26.2 Å². The van der Waals surface area contributed by atoms with E-state index in [9.17, 15) is 9.90 Å². The molecule has 1 N–H and O–H groups in total. The fourth-order valence-corrected chi connectivity index (χ4v) is 2.88. The van der Waals surface area contributed by atoms with E-state index in [1.807, 2.05) is 42.8 Å². The second-order valence-electron chi connectivity index (χ2n) is 4.62. The van der Waals surface area contributed by atoms with Crippen LogP contribution in [0.1, 0.15) is 22.6 Å². The molecule has 1 unspecified atom stereocenters. The monoisotopic (exact) mass is 275 g/mol. The van der Waals surface area contributed by atoms with Crippen molar-refractivity contribution in [1.29, 1.82) is 0 Å². The number of aromatic nitrogens is 1. The van der Waals surface area contributed by atoms with Crippen molar-refractivity contribution in [1.82, 2.24) is 4.98 Å². The summed E-state index contributed by atoms with van der Waals surface area (Å²) >= 11 is 1.61. The molecule has 0 saturated heterocycles. The van der Waals surface area contributed by atoms with Crippen LogP contribution in [0, 0.1) is 12.8 Å². The maximum Gasteiger partial charge on any atom is 0.306 e. The summed E-state index contributed by atoms with van der Waals surface area (Å²) in [7, 11) is 0. The molecule has 3 nitrogen and oxygen atoms in total. The topological polar surface area (TPSA) is 50.2 Å². The van der Waals surface area contributed by atoms with Crippen molar-refractivity contribution in [2.24, 2.45) is 5.92 Å². The van der Waals surface area contributed by atoms with Gasteiger partial charge in [0, 0.05) is 4.88 Å². The lowest BCUT2D eigenvalue weighted by atomic mass is 9.94. The number of nitrogens with zero attached hydrogens (tertiary/aromatic N) is 1. The largest absolute Gasteiger partial charge is 0.481 e. The smallest absolute Gasteiger partial charge is 0.306 e. The molecule has 1 aromatic carbocycles.